The summed E-state index contributed by atoms with van der Waals surface area (Å²) >= 11 is 0. The van der Waals surface area contributed by atoms with Gasteiger partial charge < -0.3 is 14.8 Å². The van der Waals surface area contributed by atoms with Crippen LogP contribution in [0.4, 0.5) is 0 Å². The first kappa shape index (κ1) is 13.4. The molecule has 0 aliphatic rings. The average Bonchev–Trinajstić information content (AvgIpc) is 2.16. The molecule has 3 heteroatoms. The Balaban J connectivity index is 3.65. The van der Waals surface area contributed by atoms with Crippen LogP contribution in [0.3, 0.4) is 0 Å². The summed E-state index contributed by atoms with van der Waals surface area (Å²) in [4.78, 5) is 11.7. The van der Waals surface area contributed by atoms with E-state index in [0.29, 0.717) is 0 Å². The van der Waals surface area contributed by atoms with Crippen molar-refractivity contribution in [3.8, 4) is 0 Å². The third-order valence-corrected chi connectivity index (χ3v) is 2.45. The van der Waals surface area contributed by atoms with Crippen molar-refractivity contribution in [1.29, 1.82) is 0 Å². The summed E-state index contributed by atoms with van der Waals surface area (Å²) in [5, 5.41) is 10.3. The molecule has 0 bridgehead atoms. The second-order valence-corrected chi connectivity index (χ2v) is 3.83. The Bertz CT molecular complexity index is 140. The van der Waals surface area contributed by atoms with E-state index in [1.54, 1.807) is 0 Å². The summed E-state index contributed by atoms with van der Waals surface area (Å²) < 4.78 is 0. The van der Waals surface area contributed by atoms with E-state index >= 15 is 0 Å². The highest BCUT2D eigenvalue weighted by Crippen LogP contribution is 1.83. The number of carboxylic acids is 1. The maximum absolute atomic E-state index is 10.3. The molecule has 0 atom stereocenters. The van der Waals surface area contributed by atoms with E-state index in [1.807, 2.05) is 0 Å². The molecule has 0 aromatic rings. The third-order valence-electron chi connectivity index (χ3n) is 2.45. The minimum absolute atomic E-state index is 0.197. The van der Waals surface area contributed by atoms with E-state index in [0.717, 1.165) is 19.6 Å². The largest absolute Gasteiger partial charge is 0.550 e. The zero-order valence-corrected chi connectivity index (χ0v) is 9.47. The fourth-order valence-corrected chi connectivity index (χ4v) is 1.51. The van der Waals surface area contributed by atoms with E-state index in [1.165, 1.54) is 30.6 Å². The highest BCUT2D eigenvalue weighted by molar-refractivity contribution is 5.64. The minimum atomic E-state index is -0.921. The van der Waals surface area contributed by atoms with E-state index < -0.39 is 5.97 Å². The van der Waals surface area contributed by atoms with E-state index in [4.69, 9.17) is 0 Å². The van der Waals surface area contributed by atoms with Gasteiger partial charge in [-0.3, -0.25) is 0 Å². The van der Waals surface area contributed by atoms with Gasteiger partial charge in [-0.15, -0.1) is 0 Å². The molecule has 0 unspecified atom stereocenters. The van der Waals surface area contributed by atoms with Crippen molar-refractivity contribution in [3.05, 3.63) is 0 Å². The van der Waals surface area contributed by atoms with Gasteiger partial charge in [0.15, 0.2) is 0 Å². The first-order valence-corrected chi connectivity index (χ1v) is 5.74. The molecule has 0 amide bonds. The fraction of sp³-hybridized carbons (Fsp3) is 0.909. The topological polar surface area (TPSA) is 44.6 Å². The Hall–Kier alpha value is -0.570. The van der Waals surface area contributed by atoms with Gasteiger partial charge in [-0.1, -0.05) is 26.7 Å². The fourth-order valence-electron chi connectivity index (χ4n) is 1.51. The zero-order valence-electron chi connectivity index (χ0n) is 9.47. The van der Waals surface area contributed by atoms with Crippen LogP contribution < -0.4 is 10.0 Å². The minimum Gasteiger partial charge on any atom is -0.550 e. The highest BCUT2D eigenvalue weighted by atomic mass is 16.4. The Morgan fingerprint density at radius 2 is 1.57 bits per heavy atom. The van der Waals surface area contributed by atoms with Gasteiger partial charge in [-0.2, -0.15) is 0 Å². The first-order chi connectivity index (χ1) is 6.70. The van der Waals surface area contributed by atoms with Crippen molar-refractivity contribution >= 4 is 5.97 Å². The van der Waals surface area contributed by atoms with Gasteiger partial charge in [0.1, 0.15) is 0 Å². The molecule has 0 fully saturated rings. The summed E-state index contributed by atoms with van der Waals surface area (Å²) in [5.41, 5.74) is 0. The predicted molar refractivity (Wildman–Crippen MR) is 55.0 cm³/mol. The standard InChI is InChI=1S/C11H23NO2/c1-3-5-8-12(9-6-4-2)10-7-11(13)14/h3-10H2,1-2H3,(H,13,14). The third kappa shape index (κ3) is 8.05. The maximum atomic E-state index is 10.3. The highest BCUT2D eigenvalue weighted by Gasteiger charge is 2.06. The Morgan fingerprint density at radius 1 is 1.07 bits per heavy atom. The summed E-state index contributed by atoms with van der Waals surface area (Å²) in [5.74, 6) is -0.921. The molecular formula is C11H23NO2. The summed E-state index contributed by atoms with van der Waals surface area (Å²) in [6.07, 6.45) is 4.93. The summed E-state index contributed by atoms with van der Waals surface area (Å²) in [7, 11) is 0. The number of unbranched alkanes of at least 4 members (excludes halogenated alkanes) is 2. The number of carbonyl (C=O) groups excluding carboxylic acids is 1. The number of quaternary nitrogens is 1. The smallest absolute Gasteiger partial charge is 0.0823 e. The molecule has 0 aliphatic carbocycles. The molecule has 3 nitrogen and oxygen atoms in total. The lowest BCUT2D eigenvalue weighted by atomic mass is 10.2. The van der Waals surface area contributed by atoms with Crippen LogP contribution in [0.25, 0.3) is 0 Å². The molecule has 0 heterocycles. The van der Waals surface area contributed by atoms with Gasteiger partial charge in [0.25, 0.3) is 0 Å². The number of aliphatic carboxylic acids is 1. The van der Waals surface area contributed by atoms with E-state index in [-0.39, 0.29) is 6.42 Å². The molecule has 0 aromatic carbocycles. The Morgan fingerprint density at radius 3 is 1.93 bits per heavy atom. The van der Waals surface area contributed by atoms with Gasteiger partial charge in [-0.05, 0) is 12.8 Å². The number of hydrogen-bond donors (Lipinski definition) is 1. The number of carbonyl (C=O) groups is 1. The number of nitrogens with one attached hydrogen (secondary N) is 1. The molecule has 0 aliphatic heterocycles. The van der Waals surface area contributed by atoms with Gasteiger partial charge in [0, 0.05) is 12.4 Å². The van der Waals surface area contributed by atoms with Crippen LogP contribution in [0.1, 0.15) is 46.0 Å². The van der Waals surface area contributed by atoms with E-state index in [2.05, 4.69) is 13.8 Å². The number of carboxylic acid groups (broad SMARTS) is 1. The van der Waals surface area contributed by atoms with Gasteiger partial charge in [-0.25, -0.2) is 0 Å². The van der Waals surface area contributed by atoms with Crippen molar-refractivity contribution in [3.63, 3.8) is 0 Å². The van der Waals surface area contributed by atoms with Crippen LogP contribution in [0.15, 0.2) is 0 Å². The summed E-state index contributed by atoms with van der Waals surface area (Å²) in [6, 6.07) is 0. The van der Waals surface area contributed by atoms with Crippen LogP contribution in [0.2, 0.25) is 0 Å². The van der Waals surface area contributed by atoms with Crippen molar-refractivity contribution in [1.82, 2.24) is 0 Å². The Labute approximate surface area is 87.1 Å². The molecule has 0 rings (SSSR count). The van der Waals surface area contributed by atoms with Crippen LogP contribution in [0.5, 0.6) is 0 Å². The maximum Gasteiger partial charge on any atom is 0.0823 e. The van der Waals surface area contributed by atoms with Crippen molar-refractivity contribution in [2.75, 3.05) is 19.6 Å². The van der Waals surface area contributed by atoms with Gasteiger partial charge in [0.2, 0.25) is 0 Å². The zero-order chi connectivity index (χ0) is 10.8. The van der Waals surface area contributed by atoms with Gasteiger partial charge in [0.05, 0.1) is 19.6 Å². The lowest BCUT2D eigenvalue weighted by Crippen LogP contribution is -3.12. The van der Waals surface area contributed by atoms with Crippen LogP contribution in [-0.4, -0.2) is 25.6 Å². The number of rotatable bonds is 9. The predicted octanol–water partition coefficient (Wildman–Crippen LogP) is -0.388. The van der Waals surface area contributed by atoms with Crippen molar-refractivity contribution in [2.24, 2.45) is 0 Å². The molecular weight excluding hydrogens is 178 g/mol. The molecule has 0 radical (unpaired) electrons. The molecule has 0 saturated carbocycles. The lowest BCUT2D eigenvalue weighted by molar-refractivity contribution is -0.900. The quantitative estimate of drug-likeness (QED) is 0.552. The normalized spacial score (nSPS) is 10.8. The van der Waals surface area contributed by atoms with Crippen molar-refractivity contribution < 1.29 is 14.8 Å². The molecule has 84 valence electrons. The number of hydrogen-bond acceptors (Lipinski definition) is 2. The summed E-state index contributed by atoms with van der Waals surface area (Å²) in [6.45, 7) is 7.25. The lowest BCUT2D eigenvalue weighted by Gasteiger charge is -2.19. The van der Waals surface area contributed by atoms with E-state index in [9.17, 15) is 9.90 Å². The van der Waals surface area contributed by atoms with Crippen LogP contribution >= 0.6 is 0 Å². The first-order valence-electron chi connectivity index (χ1n) is 5.74. The van der Waals surface area contributed by atoms with Gasteiger partial charge >= 0.3 is 0 Å². The van der Waals surface area contributed by atoms with Crippen LogP contribution in [0, 0.1) is 0 Å². The molecule has 1 N–H and O–H groups in total. The van der Waals surface area contributed by atoms with Crippen molar-refractivity contribution in [2.45, 2.75) is 46.0 Å². The molecule has 14 heavy (non-hydrogen) atoms. The molecule has 0 saturated heterocycles. The van der Waals surface area contributed by atoms with Crippen LogP contribution in [-0.2, 0) is 4.79 Å². The average molecular weight is 201 g/mol. The molecule has 0 spiro atoms. The second kappa shape index (κ2) is 9.00. The monoisotopic (exact) mass is 201 g/mol. The second-order valence-electron chi connectivity index (χ2n) is 3.83. The SMILES string of the molecule is CCCC[NH+](CCCC)CCC(=O)[O-]. The molecule has 0 aromatic heterocycles. The Kier molecular flexibility index (Phi) is 8.64.